The Labute approximate surface area is 145 Å². The van der Waals surface area contributed by atoms with Crippen LogP contribution in [0.25, 0.3) is 0 Å². The maximum atomic E-state index is 11.9. The first-order valence-corrected chi connectivity index (χ1v) is 7.69. The molecule has 0 atom stereocenters. The molecule has 0 saturated carbocycles. The van der Waals surface area contributed by atoms with Crippen LogP contribution in [-0.2, 0) is 11.2 Å². The van der Waals surface area contributed by atoms with Crippen molar-refractivity contribution in [3.8, 4) is 17.2 Å². The molecular formula is C18H20N2O5. The first-order chi connectivity index (χ1) is 12.0. The summed E-state index contributed by atoms with van der Waals surface area (Å²) in [5, 5.41) is 24.0. The largest absolute Gasteiger partial charge is 0.508 e. The fourth-order valence-corrected chi connectivity index (χ4v) is 2.20. The molecule has 2 amide bonds. The summed E-state index contributed by atoms with van der Waals surface area (Å²) in [5.41, 5.74) is 1.000. The third-order valence-electron chi connectivity index (χ3n) is 3.42. The number of amides is 2. The van der Waals surface area contributed by atoms with Gasteiger partial charge in [0.15, 0.2) is 0 Å². The van der Waals surface area contributed by atoms with Gasteiger partial charge in [-0.05, 0) is 29.8 Å². The highest BCUT2D eigenvalue weighted by Gasteiger charge is 2.08. The quantitative estimate of drug-likeness (QED) is 0.565. The molecule has 2 aromatic rings. The van der Waals surface area contributed by atoms with Crippen LogP contribution in [0.15, 0.2) is 42.5 Å². The SMILES string of the molecule is COc1ccc(CC(=O)NCCNC(=O)c2cc(O)cc(O)c2)cc1. The van der Waals surface area contributed by atoms with Crippen LogP contribution in [0.1, 0.15) is 15.9 Å². The molecule has 0 unspecified atom stereocenters. The van der Waals surface area contributed by atoms with Crippen molar-refractivity contribution in [3.05, 3.63) is 53.6 Å². The van der Waals surface area contributed by atoms with Gasteiger partial charge in [-0.3, -0.25) is 9.59 Å². The maximum Gasteiger partial charge on any atom is 0.251 e. The second kappa shape index (κ2) is 8.58. The first kappa shape index (κ1) is 18.1. The second-order valence-electron chi connectivity index (χ2n) is 5.37. The van der Waals surface area contributed by atoms with Crippen molar-refractivity contribution in [3.63, 3.8) is 0 Å². The molecule has 0 bridgehead atoms. The number of hydrogen-bond donors (Lipinski definition) is 4. The topological polar surface area (TPSA) is 108 Å². The maximum absolute atomic E-state index is 11.9. The van der Waals surface area contributed by atoms with Gasteiger partial charge < -0.3 is 25.6 Å². The summed E-state index contributed by atoms with van der Waals surface area (Å²) in [7, 11) is 1.58. The van der Waals surface area contributed by atoms with E-state index in [1.807, 2.05) is 12.1 Å². The smallest absolute Gasteiger partial charge is 0.251 e. The van der Waals surface area contributed by atoms with Gasteiger partial charge in [0.1, 0.15) is 17.2 Å². The summed E-state index contributed by atoms with van der Waals surface area (Å²) in [6.45, 7) is 0.495. The Morgan fingerprint density at radius 3 is 2.16 bits per heavy atom. The number of phenolic OH excluding ortho intramolecular Hbond substituents is 2. The lowest BCUT2D eigenvalue weighted by Gasteiger charge is -2.08. The minimum atomic E-state index is -0.449. The van der Waals surface area contributed by atoms with Gasteiger partial charge in [-0.15, -0.1) is 0 Å². The Hall–Kier alpha value is -3.22. The predicted octanol–water partition coefficient (Wildman–Crippen LogP) is 1.20. The molecule has 0 spiro atoms. The van der Waals surface area contributed by atoms with E-state index in [1.165, 1.54) is 12.1 Å². The standard InChI is InChI=1S/C18H20N2O5/c1-25-16-4-2-12(3-5-16)8-17(23)19-6-7-20-18(24)13-9-14(21)11-15(22)10-13/h2-5,9-11,21-22H,6-8H2,1H3,(H,19,23)(H,20,24). The molecule has 0 aliphatic rings. The molecule has 7 nitrogen and oxygen atoms in total. The summed E-state index contributed by atoms with van der Waals surface area (Å²) in [4.78, 5) is 23.7. The predicted molar refractivity (Wildman–Crippen MR) is 91.8 cm³/mol. The van der Waals surface area contributed by atoms with E-state index >= 15 is 0 Å². The third kappa shape index (κ3) is 5.72. The van der Waals surface area contributed by atoms with Gasteiger partial charge in [0, 0.05) is 24.7 Å². The molecule has 0 fully saturated rings. The number of phenols is 2. The average Bonchev–Trinajstić information content (AvgIpc) is 2.58. The zero-order valence-electron chi connectivity index (χ0n) is 13.8. The van der Waals surface area contributed by atoms with Crippen molar-refractivity contribution >= 4 is 11.8 Å². The average molecular weight is 344 g/mol. The second-order valence-corrected chi connectivity index (χ2v) is 5.37. The number of methoxy groups -OCH3 is 1. The minimum absolute atomic E-state index is 0.141. The molecule has 25 heavy (non-hydrogen) atoms. The van der Waals surface area contributed by atoms with Crippen LogP contribution < -0.4 is 15.4 Å². The Kier molecular flexibility index (Phi) is 6.22. The van der Waals surface area contributed by atoms with Crippen molar-refractivity contribution in [2.45, 2.75) is 6.42 Å². The summed E-state index contributed by atoms with van der Waals surface area (Å²) in [6.07, 6.45) is 0.234. The van der Waals surface area contributed by atoms with E-state index in [9.17, 15) is 19.8 Å². The number of carbonyl (C=O) groups excluding carboxylic acids is 2. The van der Waals surface area contributed by atoms with Crippen LogP contribution in [-0.4, -0.2) is 42.2 Å². The highest BCUT2D eigenvalue weighted by atomic mass is 16.5. The number of aromatic hydroxyl groups is 2. The number of rotatable bonds is 7. The van der Waals surface area contributed by atoms with Crippen LogP contribution in [0, 0.1) is 0 Å². The van der Waals surface area contributed by atoms with E-state index in [1.54, 1.807) is 19.2 Å². The lowest BCUT2D eigenvalue weighted by Crippen LogP contribution is -2.35. The van der Waals surface area contributed by atoms with E-state index in [2.05, 4.69) is 10.6 Å². The van der Waals surface area contributed by atoms with Gasteiger partial charge >= 0.3 is 0 Å². The van der Waals surface area contributed by atoms with E-state index in [4.69, 9.17) is 4.74 Å². The van der Waals surface area contributed by atoms with Gasteiger partial charge in [-0.25, -0.2) is 0 Å². The van der Waals surface area contributed by atoms with Crippen molar-refractivity contribution < 1.29 is 24.5 Å². The number of ether oxygens (including phenoxy) is 1. The van der Waals surface area contributed by atoms with E-state index in [0.29, 0.717) is 0 Å². The van der Waals surface area contributed by atoms with Crippen LogP contribution >= 0.6 is 0 Å². The summed E-state index contributed by atoms with van der Waals surface area (Å²) < 4.78 is 5.06. The fraction of sp³-hybridized carbons (Fsp3) is 0.222. The Bertz CT molecular complexity index is 723. The number of hydrogen-bond acceptors (Lipinski definition) is 5. The van der Waals surface area contributed by atoms with Gasteiger partial charge in [0.25, 0.3) is 5.91 Å². The number of carbonyl (C=O) groups is 2. The molecule has 2 aromatic carbocycles. The molecule has 0 aliphatic carbocycles. The number of benzene rings is 2. The Morgan fingerprint density at radius 2 is 1.56 bits per heavy atom. The molecule has 0 saturated heterocycles. The van der Waals surface area contributed by atoms with Crippen LogP contribution in [0.2, 0.25) is 0 Å². The summed E-state index contributed by atoms with van der Waals surface area (Å²) >= 11 is 0. The van der Waals surface area contributed by atoms with Crippen molar-refractivity contribution in [2.75, 3.05) is 20.2 Å². The molecular weight excluding hydrogens is 324 g/mol. The molecule has 2 rings (SSSR count). The van der Waals surface area contributed by atoms with Crippen molar-refractivity contribution in [1.82, 2.24) is 10.6 Å². The summed E-state index contributed by atoms with van der Waals surface area (Å²) in [5.74, 6) is -0.272. The van der Waals surface area contributed by atoms with Gasteiger partial charge in [0.05, 0.1) is 13.5 Å². The van der Waals surface area contributed by atoms with Crippen LogP contribution in [0.3, 0.4) is 0 Å². The van der Waals surface area contributed by atoms with Gasteiger partial charge in [0.2, 0.25) is 5.91 Å². The lowest BCUT2D eigenvalue weighted by molar-refractivity contribution is -0.120. The van der Waals surface area contributed by atoms with Crippen LogP contribution in [0.5, 0.6) is 17.2 Å². The molecule has 0 heterocycles. The minimum Gasteiger partial charge on any atom is -0.508 e. The van der Waals surface area contributed by atoms with Crippen LogP contribution in [0.4, 0.5) is 0 Å². The number of nitrogens with one attached hydrogen (secondary N) is 2. The Morgan fingerprint density at radius 1 is 0.960 bits per heavy atom. The van der Waals surface area contributed by atoms with Crippen molar-refractivity contribution in [1.29, 1.82) is 0 Å². The molecule has 0 radical (unpaired) electrons. The molecule has 0 aromatic heterocycles. The molecule has 7 heteroatoms. The molecule has 132 valence electrons. The monoisotopic (exact) mass is 344 g/mol. The highest BCUT2D eigenvalue weighted by Crippen LogP contribution is 2.20. The van der Waals surface area contributed by atoms with Crippen molar-refractivity contribution in [2.24, 2.45) is 0 Å². The lowest BCUT2D eigenvalue weighted by atomic mass is 10.1. The van der Waals surface area contributed by atoms with Gasteiger partial charge in [-0.1, -0.05) is 12.1 Å². The molecule has 4 N–H and O–H groups in total. The van der Waals surface area contributed by atoms with E-state index in [0.717, 1.165) is 17.4 Å². The van der Waals surface area contributed by atoms with Gasteiger partial charge in [-0.2, -0.15) is 0 Å². The van der Waals surface area contributed by atoms with E-state index in [-0.39, 0.29) is 42.5 Å². The first-order valence-electron chi connectivity index (χ1n) is 7.69. The zero-order valence-corrected chi connectivity index (χ0v) is 13.8. The fourth-order valence-electron chi connectivity index (χ4n) is 2.20. The van der Waals surface area contributed by atoms with E-state index < -0.39 is 5.91 Å². The molecule has 0 aliphatic heterocycles. The highest BCUT2D eigenvalue weighted by molar-refractivity contribution is 5.95. The summed E-state index contributed by atoms with van der Waals surface area (Å²) in [6, 6.07) is 10.8. The Balaban J connectivity index is 1.72. The normalized spacial score (nSPS) is 10.1. The third-order valence-corrected chi connectivity index (χ3v) is 3.42. The zero-order chi connectivity index (χ0) is 18.2.